The van der Waals surface area contributed by atoms with Crippen LogP contribution < -0.4 is 5.11 Å². The van der Waals surface area contributed by atoms with Gasteiger partial charge in [0.2, 0.25) is 0 Å². The van der Waals surface area contributed by atoms with Crippen LogP contribution in [0.1, 0.15) is 162 Å². The van der Waals surface area contributed by atoms with Crippen molar-refractivity contribution in [2.75, 3.05) is 41.0 Å². The Bertz CT molecular complexity index is 995. The molecule has 0 heterocycles. The van der Waals surface area contributed by atoms with Crippen molar-refractivity contribution in [3.05, 3.63) is 48.6 Å². The highest BCUT2D eigenvalue weighted by molar-refractivity contribution is 5.70. The van der Waals surface area contributed by atoms with E-state index in [0.29, 0.717) is 12.8 Å². The molecule has 300 valence electrons. The standard InChI is InChI=1S/C44H77NO7/c1-6-8-10-12-14-16-18-20-21-22-23-25-26-28-30-32-34-42(46)51-39-40(38-50-37-36-41(44(48)49)45(3,4)5)52-43(47)35-33-31-29-27-24-19-17-15-13-11-9-7-2/h8,10,14,16,20-21,23,25,40-41H,6-7,9,11-13,15,17-19,22,24,26-39H2,1-5H3/b10-8+,16-14+,21-20+,25-23+. The van der Waals surface area contributed by atoms with Crippen molar-refractivity contribution >= 4 is 17.9 Å². The van der Waals surface area contributed by atoms with Gasteiger partial charge in [-0.15, -0.1) is 0 Å². The highest BCUT2D eigenvalue weighted by atomic mass is 16.6. The lowest BCUT2D eigenvalue weighted by Gasteiger charge is -2.34. The van der Waals surface area contributed by atoms with Crippen LogP contribution in [0.3, 0.4) is 0 Å². The summed E-state index contributed by atoms with van der Waals surface area (Å²) in [6.45, 7) is 4.50. The third kappa shape index (κ3) is 33.1. The first-order chi connectivity index (χ1) is 25.1. The Kier molecular flexibility index (Phi) is 33.5. The van der Waals surface area contributed by atoms with Crippen LogP contribution in [0.25, 0.3) is 0 Å². The SMILES string of the molecule is CC/C=C/C/C=C/C/C=C/C/C=C/CCCCCC(=O)OCC(COCCC(C(=O)[O-])[N+](C)(C)C)OC(=O)CCCCCCCCCCCCCC. The van der Waals surface area contributed by atoms with Gasteiger partial charge in [0.1, 0.15) is 12.6 Å². The lowest BCUT2D eigenvalue weighted by Crippen LogP contribution is -2.55. The number of rotatable bonds is 36. The Morgan fingerprint density at radius 1 is 0.596 bits per heavy atom. The Morgan fingerprint density at radius 2 is 1.08 bits per heavy atom. The zero-order valence-electron chi connectivity index (χ0n) is 34.0. The molecule has 8 heteroatoms. The molecule has 0 spiro atoms. The van der Waals surface area contributed by atoms with Gasteiger partial charge in [-0.05, 0) is 51.4 Å². The summed E-state index contributed by atoms with van der Waals surface area (Å²) in [6.07, 6.45) is 39.9. The first-order valence-electron chi connectivity index (χ1n) is 20.7. The summed E-state index contributed by atoms with van der Waals surface area (Å²) in [7, 11) is 5.39. The molecule has 0 aliphatic rings. The summed E-state index contributed by atoms with van der Waals surface area (Å²) < 4.78 is 17.1. The van der Waals surface area contributed by atoms with E-state index in [-0.39, 0.29) is 42.7 Å². The number of hydrogen-bond donors (Lipinski definition) is 0. The van der Waals surface area contributed by atoms with Crippen LogP contribution in [0.4, 0.5) is 0 Å². The van der Waals surface area contributed by atoms with Crippen LogP contribution in [-0.4, -0.2) is 75.5 Å². The van der Waals surface area contributed by atoms with Gasteiger partial charge in [0, 0.05) is 19.3 Å². The van der Waals surface area contributed by atoms with Gasteiger partial charge < -0.3 is 28.6 Å². The molecule has 0 aliphatic carbocycles. The van der Waals surface area contributed by atoms with Crippen LogP contribution in [0.5, 0.6) is 0 Å². The van der Waals surface area contributed by atoms with Crippen molar-refractivity contribution in [3.63, 3.8) is 0 Å². The molecule has 0 saturated carbocycles. The number of carboxylic acids is 1. The van der Waals surface area contributed by atoms with Gasteiger partial charge in [0.05, 0.1) is 40.3 Å². The van der Waals surface area contributed by atoms with E-state index in [1.54, 1.807) is 21.1 Å². The molecule has 52 heavy (non-hydrogen) atoms. The van der Waals surface area contributed by atoms with Gasteiger partial charge in [-0.25, -0.2) is 0 Å². The van der Waals surface area contributed by atoms with Crippen LogP contribution in [0.2, 0.25) is 0 Å². The Balaban J connectivity index is 4.43. The van der Waals surface area contributed by atoms with Gasteiger partial charge >= 0.3 is 11.9 Å². The molecule has 2 unspecified atom stereocenters. The molecule has 0 amide bonds. The summed E-state index contributed by atoms with van der Waals surface area (Å²) in [4.78, 5) is 36.7. The van der Waals surface area contributed by atoms with Gasteiger partial charge in [-0.2, -0.15) is 0 Å². The molecule has 0 fully saturated rings. The van der Waals surface area contributed by atoms with Crippen LogP contribution in [0, 0.1) is 0 Å². The largest absolute Gasteiger partial charge is 0.544 e. The first-order valence-corrected chi connectivity index (χ1v) is 20.7. The average Bonchev–Trinajstić information content (AvgIpc) is 3.09. The maximum Gasteiger partial charge on any atom is 0.306 e. The number of carbonyl (C=O) groups is 3. The van der Waals surface area contributed by atoms with E-state index >= 15 is 0 Å². The molecule has 0 bridgehead atoms. The summed E-state index contributed by atoms with van der Waals surface area (Å²) in [5, 5.41) is 11.6. The van der Waals surface area contributed by atoms with Gasteiger partial charge in [0.15, 0.2) is 6.10 Å². The second-order valence-corrected chi connectivity index (χ2v) is 14.8. The zero-order valence-corrected chi connectivity index (χ0v) is 34.0. The van der Waals surface area contributed by atoms with E-state index in [1.165, 1.54) is 57.8 Å². The van der Waals surface area contributed by atoms with Gasteiger partial charge in [0.25, 0.3) is 0 Å². The molecule has 0 rings (SSSR count). The second-order valence-electron chi connectivity index (χ2n) is 14.8. The first kappa shape index (κ1) is 49.3. The third-order valence-electron chi connectivity index (χ3n) is 8.98. The average molecular weight is 732 g/mol. The topological polar surface area (TPSA) is 102 Å². The Labute approximate surface area is 318 Å². The smallest absolute Gasteiger partial charge is 0.306 e. The second kappa shape index (κ2) is 35.3. The molecule has 2 atom stereocenters. The molecule has 0 aliphatic heterocycles. The molecular weight excluding hydrogens is 654 g/mol. The maximum atomic E-state index is 12.7. The van der Waals surface area contributed by atoms with Gasteiger partial charge in [-0.3, -0.25) is 9.59 Å². The number of esters is 2. The highest BCUT2D eigenvalue weighted by Crippen LogP contribution is 2.14. The number of likely N-dealkylation sites (N-methyl/N-ethyl adjacent to an activating group) is 1. The van der Waals surface area contributed by atoms with Crippen molar-refractivity contribution in [3.8, 4) is 0 Å². The minimum absolute atomic E-state index is 0.0310. The number of aliphatic carboxylic acids is 1. The number of carbonyl (C=O) groups excluding carboxylic acids is 3. The molecule has 0 aromatic carbocycles. The predicted molar refractivity (Wildman–Crippen MR) is 213 cm³/mol. The Morgan fingerprint density at radius 3 is 1.60 bits per heavy atom. The number of nitrogens with zero attached hydrogens (tertiary/aromatic N) is 1. The van der Waals surface area contributed by atoms with E-state index in [1.807, 2.05) is 0 Å². The number of allylic oxidation sites excluding steroid dienone is 8. The lowest BCUT2D eigenvalue weighted by atomic mass is 10.0. The lowest BCUT2D eigenvalue weighted by molar-refractivity contribution is -0.889. The van der Waals surface area contributed by atoms with Gasteiger partial charge in [-0.1, -0.05) is 140 Å². The Hall–Kier alpha value is -2.71. The fourth-order valence-electron chi connectivity index (χ4n) is 5.77. The van der Waals surface area contributed by atoms with E-state index < -0.39 is 18.1 Å². The van der Waals surface area contributed by atoms with E-state index in [4.69, 9.17) is 14.2 Å². The quantitative estimate of drug-likeness (QED) is 0.0274. The van der Waals surface area contributed by atoms with Crippen LogP contribution in [0.15, 0.2) is 48.6 Å². The fraction of sp³-hybridized carbons (Fsp3) is 0.750. The van der Waals surface area contributed by atoms with Crippen molar-refractivity contribution < 1.29 is 38.2 Å². The number of ether oxygens (including phenoxy) is 3. The molecule has 0 saturated heterocycles. The van der Waals surface area contributed by atoms with E-state index in [0.717, 1.165) is 70.6 Å². The summed E-state index contributed by atoms with van der Waals surface area (Å²) >= 11 is 0. The van der Waals surface area contributed by atoms with Crippen molar-refractivity contribution in [2.24, 2.45) is 0 Å². The molecule has 8 nitrogen and oxygen atoms in total. The normalized spacial score (nSPS) is 13.5. The molecule has 0 radical (unpaired) electrons. The summed E-state index contributed by atoms with van der Waals surface area (Å²) in [5.41, 5.74) is 0. The maximum absolute atomic E-state index is 12.7. The highest BCUT2D eigenvalue weighted by Gasteiger charge is 2.25. The number of hydrogen-bond acceptors (Lipinski definition) is 7. The van der Waals surface area contributed by atoms with Crippen molar-refractivity contribution in [1.82, 2.24) is 0 Å². The number of unbranched alkanes of at least 4 members (excludes halogenated alkanes) is 14. The molecular formula is C44H77NO7. The molecule has 0 N–H and O–H groups in total. The third-order valence-corrected chi connectivity index (χ3v) is 8.98. The monoisotopic (exact) mass is 732 g/mol. The summed E-state index contributed by atoms with van der Waals surface area (Å²) in [5.74, 6) is -1.78. The van der Waals surface area contributed by atoms with Crippen molar-refractivity contribution in [1.29, 1.82) is 0 Å². The molecule has 0 aromatic rings. The van der Waals surface area contributed by atoms with Crippen molar-refractivity contribution in [2.45, 2.75) is 174 Å². The van der Waals surface area contributed by atoms with Crippen LogP contribution >= 0.6 is 0 Å². The minimum atomic E-state index is -1.13. The number of quaternary nitrogens is 1. The summed E-state index contributed by atoms with van der Waals surface area (Å²) in [6, 6.07) is -0.729. The van der Waals surface area contributed by atoms with E-state index in [9.17, 15) is 19.5 Å². The predicted octanol–water partition coefficient (Wildman–Crippen LogP) is 9.52. The van der Waals surface area contributed by atoms with Crippen LogP contribution in [-0.2, 0) is 28.6 Å². The molecule has 0 aromatic heterocycles. The fourth-order valence-corrected chi connectivity index (χ4v) is 5.77. The number of carboxylic acid groups (broad SMARTS) is 1. The minimum Gasteiger partial charge on any atom is -0.544 e. The zero-order chi connectivity index (χ0) is 38.5. The van der Waals surface area contributed by atoms with E-state index in [2.05, 4.69) is 62.5 Å².